The highest BCUT2D eigenvalue weighted by Crippen LogP contribution is 2.32. The van der Waals surface area contributed by atoms with Crippen LogP contribution < -0.4 is 14.9 Å². The zero-order valence-corrected chi connectivity index (χ0v) is 26.7. The van der Waals surface area contributed by atoms with Gasteiger partial charge >= 0.3 is 4.87 Å². The zero-order chi connectivity index (χ0) is 32.0. The molecule has 0 aliphatic heterocycles. The minimum Gasteiger partial charge on any atom is -0.487 e. The Morgan fingerprint density at radius 2 is 1.48 bits per heavy atom. The smallest absolute Gasteiger partial charge is 0.305 e. The predicted octanol–water partition coefficient (Wildman–Crippen LogP) is 5.51. The lowest BCUT2D eigenvalue weighted by Crippen LogP contribution is -2.39. The van der Waals surface area contributed by atoms with E-state index < -0.39 is 6.10 Å². The van der Waals surface area contributed by atoms with Gasteiger partial charge in [0.25, 0.3) is 0 Å². The number of H-pyrrole nitrogens is 1. The van der Waals surface area contributed by atoms with E-state index in [4.69, 9.17) is 9.47 Å². The van der Waals surface area contributed by atoms with Crippen LogP contribution in [0, 0.1) is 0 Å². The molecule has 0 saturated heterocycles. The first-order valence-corrected chi connectivity index (χ1v) is 16.5. The Bertz CT molecular complexity index is 1690. The number of nitrogens with zero attached hydrogens (tertiary/aromatic N) is 1. The highest BCUT2D eigenvalue weighted by molar-refractivity contribution is 7.16. The molecule has 1 heterocycles. The SMILES string of the molecule is O=C(CCOCCc1ccccc1)N(CCNC[C@H](O)c1ccc(OCc2ccccc2)c2[nH]c(=O)sc12)CCc1ccccc1. The number of carbonyl (C=O) groups is 1. The molecule has 0 aliphatic carbocycles. The van der Waals surface area contributed by atoms with Gasteiger partial charge in [-0.25, -0.2) is 0 Å². The van der Waals surface area contributed by atoms with Crippen LogP contribution in [-0.4, -0.2) is 60.3 Å². The van der Waals surface area contributed by atoms with Gasteiger partial charge < -0.3 is 29.8 Å². The maximum atomic E-state index is 13.2. The molecular weight excluding hydrogens is 598 g/mol. The first kappa shape index (κ1) is 33.1. The molecule has 1 aromatic heterocycles. The molecule has 0 aliphatic rings. The number of rotatable bonds is 18. The summed E-state index contributed by atoms with van der Waals surface area (Å²) in [6.07, 6.45) is 1.04. The second kappa shape index (κ2) is 17.4. The van der Waals surface area contributed by atoms with Gasteiger partial charge in [-0.05, 0) is 35.6 Å². The van der Waals surface area contributed by atoms with Gasteiger partial charge in [-0.15, -0.1) is 0 Å². The molecule has 46 heavy (non-hydrogen) atoms. The van der Waals surface area contributed by atoms with Gasteiger partial charge in [-0.1, -0.05) is 108 Å². The number of fused-ring (bicyclic) bond motifs is 1. The van der Waals surface area contributed by atoms with Crippen molar-refractivity contribution in [3.63, 3.8) is 0 Å². The molecule has 0 radical (unpaired) electrons. The molecule has 1 amide bonds. The minimum absolute atomic E-state index is 0.0443. The van der Waals surface area contributed by atoms with E-state index in [1.54, 1.807) is 6.07 Å². The normalized spacial score (nSPS) is 11.8. The monoisotopic (exact) mass is 639 g/mol. The number of aliphatic hydroxyl groups is 1. The Kier molecular flexibility index (Phi) is 12.5. The van der Waals surface area contributed by atoms with E-state index in [1.165, 1.54) is 11.1 Å². The maximum absolute atomic E-state index is 13.2. The van der Waals surface area contributed by atoms with Gasteiger partial charge in [0, 0.05) is 31.7 Å². The molecule has 4 aromatic carbocycles. The molecule has 9 heteroatoms. The van der Waals surface area contributed by atoms with Crippen molar-refractivity contribution in [3.8, 4) is 5.75 Å². The number of ether oxygens (including phenoxy) is 2. The largest absolute Gasteiger partial charge is 0.487 e. The minimum atomic E-state index is -0.844. The number of amides is 1. The summed E-state index contributed by atoms with van der Waals surface area (Å²) in [5, 5.41) is 14.4. The van der Waals surface area contributed by atoms with Crippen LogP contribution in [0.3, 0.4) is 0 Å². The molecule has 240 valence electrons. The predicted molar refractivity (Wildman–Crippen MR) is 183 cm³/mol. The number of nitrogens with one attached hydrogen (secondary N) is 2. The molecule has 8 nitrogen and oxygen atoms in total. The lowest BCUT2D eigenvalue weighted by atomic mass is 10.1. The van der Waals surface area contributed by atoms with Crippen LogP contribution in [-0.2, 0) is 29.0 Å². The van der Waals surface area contributed by atoms with E-state index in [0.29, 0.717) is 67.4 Å². The number of hydrogen-bond acceptors (Lipinski definition) is 7. The van der Waals surface area contributed by atoms with Crippen molar-refractivity contribution in [3.05, 3.63) is 135 Å². The Hall–Kier alpha value is -4.28. The molecule has 0 saturated carbocycles. The van der Waals surface area contributed by atoms with E-state index in [9.17, 15) is 14.7 Å². The van der Waals surface area contributed by atoms with Crippen molar-refractivity contribution in [1.29, 1.82) is 0 Å². The highest BCUT2D eigenvalue weighted by atomic mass is 32.1. The van der Waals surface area contributed by atoms with E-state index in [-0.39, 0.29) is 17.3 Å². The van der Waals surface area contributed by atoms with Crippen LogP contribution in [0.4, 0.5) is 0 Å². The molecule has 0 unspecified atom stereocenters. The number of aromatic nitrogens is 1. The molecule has 3 N–H and O–H groups in total. The lowest BCUT2D eigenvalue weighted by Gasteiger charge is -2.24. The second-order valence-corrected chi connectivity index (χ2v) is 12.1. The van der Waals surface area contributed by atoms with E-state index in [1.807, 2.05) is 77.7 Å². The Morgan fingerprint density at radius 3 is 2.17 bits per heavy atom. The number of aromatic amines is 1. The summed E-state index contributed by atoms with van der Waals surface area (Å²) in [6, 6.07) is 33.7. The Morgan fingerprint density at radius 1 is 0.826 bits per heavy atom. The first-order chi connectivity index (χ1) is 22.6. The average Bonchev–Trinajstić information content (AvgIpc) is 3.49. The standard InChI is InChI=1S/C37H41N3O5S/c41-32(31-16-17-33(35-36(31)46-37(43)39-35)45-27-30-14-8-3-9-15-30)26-38-21-23-40(22-18-28-10-4-1-5-11-28)34(42)20-25-44-24-19-29-12-6-2-7-13-29/h1-17,32,38,41H,18-27H2,(H,39,43)/t32-/m0/s1. The summed E-state index contributed by atoms with van der Waals surface area (Å²) in [6.45, 7) is 3.20. The van der Waals surface area contributed by atoms with E-state index in [2.05, 4.69) is 34.6 Å². The fourth-order valence-electron chi connectivity index (χ4n) is 5.23. The van der Waals surface area contributed by atoms with Crippen LogP contribution in [0.2, 0.25) is 0 Å². The number of aliphatic hydroxyl groups excluding tert-OH is 1. The number of thiazole rings is 1. The van der Waals surface area contributed by atoms with Crippen molar-refractivity contribution >= 4 is 27.5 Å². The Balaban J connectivity index is 1.12. The average molecular weight is 640 g/mol. The topological polar surface area (TPSA) is 104 Å². The van der Waals surface area contributed by atoms with E-state index >= 15 is 0 Å². The molecule has 0 bridgehead atoms. The zero-order valence-electron chi connectivity index (χ0n) is 25.9. The van der Waals surface area contributed by atoms with Crippen molar-refractivity contribution in [2.45, 2.75) is 32.0 Å². The van der Waals surface area contributed by atoms with E-state index in [0.717, 1.165) is 29.7 Å². The van der Waals surface area contributed by atoms with Gasteiger partial charge in [-0.2, -0.15) is 0 Å². The number of benzene rings is 4. The summed E-state index contributed by atoms with van der Waals surface area (Å²) in [7, 11) is 0. The van der Waals surface area contributed by atoms with Crippen LogP contribution in [0.15, 0.2) is 108 Å². The molecular formula is C37H41N3O5S. The fraction of sp³-hybridized carbons (Fsp3) is 0.297. The summed E-state index contributed by atoms with van der Waals surface area (Å²) in [4.78, 5) is 30.0. The van der Waals surface area contributed by atoms with Gasteiger partial charge in [0.2, 0.25) is 5.91 Å². The van der Waals surface area contributed by atoms with Crippen molar-refractivity contribution in [2.75, 3.05) is 39.4 Å². The number of hydrogen-bond donors (Lipinski definition) is 3. The fourth-order valence-corrected chi connectivity index (χ4v) is 6.15. The quantitative estimate of drug-likeness (QED) is 0.109. The Labute approximate surface area is 273 Å². The van der Waals surface area contributed by atoms with Gasteiger partial charge in [-0.3, -0.25) is 9.59 Å². The van der Waals surface area contributed by atoms with Gasteiger partial charge in [0.1, 0.15) is 17.9 Å². The van der Waals surface area contributed by atoms with Crippen LogP contribution in [0.25, 0.3) is 10.2 Å². The van der Waals surface area contributed by atoms with Crippen LogP contribution in [0.5, 0.6) is 5.75 Å². The molecule has 5 aromatic rings. The van der Waals surface area contributed by atoms with Crippen molar-refractivity contribution in [1.82, 2.24) is 15.2 Å². The van der Waals surface area contributed by atoms with Crippen LogP contribution >= 0.6 is 11.3 Å². The summed E-state index contributed by atoms with van der Waals surface area (Å²) in [5.41, 5.74) is 4.65. The van der Waals surface area contributed by atoms with Crippen molar-refractivity contribution < 1.29 is 19.4 Å². The molecule has 5 rings (SSSR count). The van der Waals surface area contributed by atoms with Gasteiger partial charge in [0.05, 0.1) is 30.4 Å². The third-order valence-electron chi connectivity index (χ3n) is 7.77. The molecule has 1 atom stereocenters. The summed E-state index contributed by atoms with van der Waals surface area (Å²) < 4.78 is 12.5. The third-order valence-corrected chi connectivity index (χ3v) is 8.70. The van der Waals surface area contributed by atoms with Crippen LogP contribution in [0.1, 0.15) is 34.8 Å². The van der Waals surface area contributed by atoms with Gasteiger partial charge in [0.15, 0.2) is 0 Å². The summed E-state index contributed by atoms with van der Waals surface area (Å²) in [5.74, 6) is 0.612. The molecule has 0 spiro atoms. The maximum Gasteiger partial charge on any atom is 0.305 e. The summed E-state index contributed by atoms with van der Waals surface area (Å²) >= 11 is 1.06. The highest BCUT2D eigenvalue weighted by Gasteiger charge is 2.18. The third kappa shape index (κ3) is 9.86. The molecule has 0 fully saturated rings. The van der Waals surface area contributed by atoms with Crippen molar-refractivity contribution in [2.24, 2.45) is 0 Å². The lowest BCUT2D eigenvalue weighted by molar-refractivity contribution is -0.132. The second-order valence-electron chi connectivity index (χ2n) is 11.1. The first-order valence-electron chi connectivity index (χ1n) is 15.7. The number of carbonyl (C=O) groups excluding carboxylic acids is 1.